The quantitative estimate of drug-likeness (QED) is 0.867. The Hall–Kier alpha value is -0.970. The van der Waals surface area contributed by atoms with Gasteiger partial charge in [0.05, 0.1) is 0 Å². The number of aromatic nitrogens is 2. The fourth-order valence-electron chi connectivity index (χ4n) is 2.40. The molecule has 104 valence electrons. The van der Waals surface area contributed by atoms with E-state index in [1.54, 1.807) is 0 Å². The standard InChI is InChI=1S/C14H22N4S/c1-15-12-8-13(18-14(17-12)10-5-6-10)16-9-11-4-2-3-7-19-11/h8,10-11H,2-7,9H2,1H3,(H2,15,16,17,18). The SMILES string of the molecule is CNc1cc(NCC2CCCCS2)nc(C2CC2)n1. The lowest BCUT2D eigenvalue weighted by atomic mass is 10.2. The van der Waals surface area contributed by atoms with Crippen LogP contribution in [0.3, 0.4) is 0 Å². The molecular weight excluding hydrogens is 256 g/mol. The second kappa shape index (κ2) is 5.99. The summed E-state index contributed by atoms with van der Waals surface area (Å²) >= 11 is 2.09. The summed E-state index contributed by atoms with van der Waals surface area (Å²) in [6.07, 6.45) is 6.57. The first kappa shape index (κ1) is 13.0. The van der Waals surface area contributed by atoms with Crippen molar-refractivity contribution in [3.63, 3.8) is 0 Å². The van der Waals surface area contributed by atoms with Crippen LogP contribution < -0.4 is 10.6 Å². The van der Waals surface area contributed by atoms with Gasteiger partial charge in [-0.3, -0.25) is 0 Å². The van der Waals surface area contributed by atoms with Gasteiger partial charge in [0.25, 0.3) is 0 Å². The molecule has 1 aromatic rings. The number of nitrogens with zero attached hydrogens (tertiary/aromatic N) is 2. The average Bonchev–Trinajstić information content (AvgIpc) is 3.30. The van der Waals surface area contributed by atoms with E-state index in [-0.39, 0.29) is 0 Å². The Morgan fingerprint density at radius 2 is 2.05 bits per heavy atom. The molecule has 2 aliphatic rings. The third kappa shape index (κ3) is 3.53. The molecule has 1 aliphatic carbocycles. The zero-order valence-corrected chi connectivity index (χ0v) is 12.3. The maximum atomic E-state index is 4.66. The molecule has 1 aromatic heterocycles. The normalized spacial score (nSPS) is 23.1. The van der Waals surface area contributed by atoms with E-state index in [1.807, 2.05) is 13.1 Å². The van der Waals surface area contributed by atoms with Crippen LogP contribution in [0.4, 0.5) is 11.6 Å². The van der Waals surface area contributed by atoms with Gasteiger partial charge in [0.15, 0.2) is 0 Å². The summed E-state index contributed by atoms with van der Waals surface area (Å²) in [5.41, 5.74) is 0. The van der Waals surface area contributed by atoms with Crippen LogP contribution in [0.2, 0.25) is 0 Å². The monoisotopic (exact) mass is 278 g/mol. The minimum Gasteiger partial charge on any atom is -0.373 e. The Balaban J connectivity index is 1.63. The maximum Gasteiger partial charge on any atom is 0.136 e. The highest BCUT2D eigenvalue weighted by molar-refractivity contribution is 7.99. The molecule has 1 saturated heterocycles. The first-order valence-corrected chi connectivity index (χ1v) is 8.32. The molecule has 1 atom stereocenters. The fraction of sp³-hybridized carbons (Fsp3) is 0.714. The highest BCUT2D eigenvalue weighted by Gasteiger charge is 2.27. The molecule has 2 heterocycles. The van der Waals surface area contributed by atoms with Crippen molar-refractivity contribution in [1.82, 2.24) is 9.97 Å². The molecule has 19 heavy (non-hydrogen) atoms. The van der Waals surface area contributed by atoms with E-state index < -0.39 is 0 Å². The molecule has 4 nitrogen and oxygen atoms in total. The van der Waals surface area contributed by atoms with Gasteiger partial charge in [-0.15, -0.1) is 0 Å². The lowest BCUT2D eigenvalue weighted by Gasteiger charge is -2.21. The molecule has 0 radical (unpaired) electrons. The molecule has 0 bridgehead atoms. The molecule has 2 N–H and O–H groups in total. The van der Waals surface area contributed by atoms with E-state index in [2.05, 4.69) is 32.4 Å². The fourth-order valence-corrected chi connectivity index (χ4v) is 3.63. The summed E-state index contributed by atoms with van der Waals surface area (Å²) in [5.74, 6) is 4.82. The predicted octanol–water partition coefficient (Wildman–Crippen LogP) is 3.09. The molecule has 1 saturated carbocycles. The van der Waals surface area contributed by atoms with Crippen LogP contribution >= 0.6 is 11.8 Å². The topological polar surface area (TPSA) is 49.8 Å². The third-order valence-corrected chi connectivity index (χ3v) is 5.13. The van der Waals surface area contributed by atoms with Crippen molar-refractivity contribution in [2.24, 2.45) is 0 Å². The maximum absolute atomic E-state index is 4.66. The van der Waals surface area contributed by atoms with Gasteiger partial charge >= 0.3 is 0 Å². The van der Waals surface area contributed by atoms with Crippen LogP contribution in [0, 0.1) is 0 Å². The number of thioether (sulfide) groups is 1. The largest absolute Gasteiger partial charge is 0.373 e. The van der Waals surface area contributed by atoms with Crippen LogP contribution in [0.5, 0.6) is 0 Å². The minimum atomic E-state index is 0.595. The van der Waals surface area contributed by atoms with E-state index >= 15 is 0 Å². The molecule has 1 unspecified atom stereocenters. The second-order valence-corrected chi connectivity index (χ2v) is 6.80. The van der Waals surface area contributed by atoms with Crippen molar-refractivity contribution < 1.29 is 0 Å². The van der Waals surface area contributed by atoms with Crippen LogP contribution in [0.25, 0.3) is 0 Å². The molecule has 0 aromatic carbocycles. The molecular formula is C14H22N4S. The summed E-state index contributed by atoms with van der Waals surface area (Å²) in [5, 5.41) is 7.37. The number of hydrogen-bond acceptors (Lipinski definition) is 5. The van der Waals surface area contributed by atoms with Gasteiger partial charge in [-0.2, -0.15) is 11.8 Å². The van der Waals surface area contributed by atoms with E-state index in [9.17, 15) is 0 Å². The van der Waals surface area contributed by atoms with Gasteiger partial charge in [0.2, 0.25) is 0 Å². The molecule has 2 fully saturated rings. The molecule has 0 amide bonds. The lowest BCUT2D eigenvalue weighted by Crippen LogP contribution is -2.20. The molecule has 1 aliphatic heterocycles. The third-order valence-electron chi connectivity index (χ3n) is 3.73. The summed E-state index contributed by atoms with van der Waals surface area (Å²) in [4.78, 5) is 9.20. The van der Waals surface area contributed by atoms with Crippen molar-refractivity contribution >= 4 is 23.4 Å². The van der Waals surface area contributed by atoms with Gasteiger partial charge in [0.1, 0.15) is 17.5 Å². The highest BCUT2D eigenvalue weighted by Crippen LogP contribution is 2.38. The Labute approximate surface area is 119 Å². The Bertz CT molecular complexity index is 427. The van der Waals surface area contributed by atoms with Gasteiger partial charge < -0.3 is 10.6 Å². The van der Waals surface area contributed by atoms with Crippen LogP contribution in [-0.2, 0) is 0 Å². The summed E-state index contributed by atoms with van der Waals surface area (Å²) < 4.78 is 0. The van der Waals surface area contributed by atoms with Crippen LogP contribution in [0.15, 0.2) is 6.07 Å². The first-order valence-electron chi connectivity index (χ1n) is 7.27. The van der Waals surface area contributed by atoms with Gasteiger partial charge in [-0.1, -0.05) is 6.42 Å². The Morgan fingerprint density at radius 1 is 1.21 bits per heavy atom. The van der Waals surface area contributed by atoms with E-state index in [0.29, 0.717) is 5.92 Å². The minimum absolute atomic E-state index is 0.595. The smallest absolute Gasteiger partial charge is 0.136 e. The zero-order valence-electron chi connectivity index (χ0n) is 11.5. The number of anilines is 2. The Kier molecular flexibility index (Phi) is 4.11. The molecule has 3 rings (SSSR count). The van der Waals surface area contributed by atoms with E-state index in [1.165, 1.54) is 37.9 Å². The average molecular weight is 278 g/mol. The molecule has 0 spiro atoms. The predicted molar refractivity (Wildman–Crippen MR) is 82.1 cm³/mol. The number of rotatable bonds is 5. The Morgan fingerprint density at radius 3 is 2.74 bits per heavy atom. The summed E-state index contributed by atoms with van der Waals surface area (Å²) in [6.45, 7) is 1.02. The number of hydrogen-bond donors (Lipinski definition) is 2. The van der Waals surface area contributed by atoms with Crippen LogP contribution in [0.1, 0.15) is 43.8 Å². The van der Waals surface area contributed by atoms with Gasteiger partial charge in [-0.25, -0.2) is 9.97 Å². The zero-order chi connectivity index (χ0) is 13.1. The summed E-state index contributed by atoms with van der Waals surface area (Å²) in [6, 6.07) is 2.01. The van der Waals surface area contributed by atoms with Gasteiger partial charge in [-0.05, 0) is 31.4 Å². The van der Waals surface area contributed by atoms with Gasteiger partial charge in [0, 0.05) is 30.8 Å². The van der Waals surface area contributed by atoms with Crippen molar-refractivity contribution in [2.75, 3.05) is 30.0 Å². The van der Waals surface area contributed by atoms with E-state index in [4.69, 9.17) is 0 Å². The van der Waals surface area contributed by atoms with Crippen molar-refractivity contribution in [3.8, 4) is 0 Å². The van der Waals surface area contributed by atoms with Crippen molar-refractivity contribution in [3.05, 3.63) is 11.9 Å². The second-order valence-electron chi connectivity index (χ2n) is 5.39. The highest BCUT2D eigenvalue weighted by atomic mass is 32.2. The molecule has 5 heteroatoms. The summed E-state index contributed by atoms with van der Waals surface area (Å²) in [7, 11) is 1.92. The number of nitrogens with one attached hydrogen (secondary N) is 2. The van der Waals surface area contributed by atoms with Crippen molar-refractivity contribution in [2.45, 2.75) is 43.3 Å². The lowest BCUT2D eigenvalue weighted by molar-refractivity contribution is 0.676. The van der Waals surface area contributed by atoms with E-state index in [0.717, 1.165) is 29.3 Å². The first-order chi connectivity index (χ1) is 9.35. The van der Waals surface area contributed by atoms with Crippen molar-refractivity contribution in [1.29, 1.82) is 0 Å². The van der Waals surface area contributed by atoms with Crippen LogP contribution in [-0.4, -0.2) is 34.6 Å².